The molecule has 0 saturated carbocycles. The molecule has 2 heterocycles. The van der Waals surface area contributed by atoms with Crippen molar-refractivity contribution in [3.63, 3.8) is 0 Å². The summed E-state index contributed by atoms with van der Waals surface area (Å²) >= 11 is 1.10. The fourth-order valence-electron chi connectivity index (χ4n) is 1.65. The first-order valence-electron chi connectivity index (χ1n) is 6.22. The average Bonchev–Trinajstić information content (AvgIpc) is 2.82. The van der Waals surface area contributed by atoms with Crippen molar-refractivity contribution in [1.82, 2.24) is 20.4 Å². The summed E-state index contributed by atoms with van der Waals surface area (Å²) in [6.07, 6.45) is 3.05. The lowest BCUT2D eigenvalue weighted by molar-refractivity contribution is -0.122. The van der Waals surface area contributed by atoms with Crippen LogP contribution in [0.1, 0.15) is 22.5 Å². The molecule has 0 aliphatic carbocycles. The lowest BCUT2D eigenvalue weighted by Gasteiger charge is -2.08. The Labute approximate surface area is 124 Å². The minimum absolute atomic E-state index is 0.0975. The van der Waals surface area contributed by atoms with Gasteiger partial charge in [-0.15, -0.1) is 0 Å². The fourth-order valence-corrected chi connectivity index (χ4v) is 2.41. The lowest BCUT2D eigenvalue weighted by atomic mass is 10.3. The molecule has 0 aromatic carbocycles. The zero-order valence-electron chi connectivity index (χ0n) is 11.3. The average molecular weight is 306 g/mol. The van der Waals surface area contributed by atoms with Crippen molar-refractivity contribution >= 4 is 23.2 Å². The minimum Gasteiger partial charge on any atom is -0.303 e. The number of hydrazine groups is 1. The number of hydrogen-bond donors (Lipinski definition) is 2. The van der Waals surface area contributed by atoms with Crippen LogP contribution in [0.2, 0.25) is 0 Å². The molecule has 21 heavy (non-hydrogen) atoms. The third-order valence-electron chi connectivity index (χ3n) is 2.78. The zero-order chi connectivity index (χ0) is 15.2. The number of pyridine rings is 1. The van der Waals surface area contributed by atoms with Crippen LogP contribution in [-0.2, 0) is 11.3 Å². The molecule has 2 aromatic rings. The Morgan fingerprint density at radius 1 is 1.38 bits per heavy atom. The zero-order valence-corrected chi connectivity index (χ0v) is 12.1. The van der Waals surface area contributed by atoms with E-state index in [1.807, 2.05) is 0 Å². The topological polar surface area (TPSA) is 93.1 Å². The van der Waals surface area contributed by atoms with Crippen LogP contribution < -0.4 is 15.7 Å². The van der Waals surface area contributed by atoms with E-state index >= 15 is 0 Å². The second-order valence-corrected chi connectivity index (χ2v) is 5.11. The third-order valence-corrected chi connectivity index (χ3v) is 3.66. The van der Waals surface area contributed by atoms with Crippen molar-refractivity contribution in [2.75, 3.05) is 0 Å². The quantitative estimate of drug-likeness (QED) is 0.803. The number of aryl methyl sites for hydroxylation is 1. The molecule has 0 spiro atoms. The molecule has 110 valence electrons. The van der Waals surface area contributed by atoms with Crippen LogP contribution in [-0.4, -0.2) is 21.4 Å². The molecule has 2 amide bonds. The van der Waals surface area contributed by atoms with Crippen LogP contribution in [0.3, 0.4) is 0 Å². The first-order chi connectivity index (χ1) is 10.1. The maximum absolute atomic E-state index is 11.7. The van der Waals surface area contributed by atoms with Gasteiger partial charge in [0.25, 0.3) is 5.91 Å². The second kappa shape index (κ2) is 6.80. The molecule has 0 fully saturated rings. The molecule has 2 aromatic heterocycles. The van der Waals surface area contributed by atoms with Crippen molar-refractivity contribution < 1.29 is 9.59 Å². The number of nitrogens with zero attached hydrogens (tertiary/aromatic N) is 2. The predicted octanol–water partition coefficient (Wildman–Crippen LogP) is 0.465. The Morgan fingerprint density at radius 2 is 2.19 bits per heavy atom. The summed E-state index contributed by atoms with van der Waals surface area (Å²) in [5, 5.41) is 1.74. The first-order valence-corrected chi connectivity index (χ1v) is 7.10. The van der Waals surface area contributed by atoms with Crippen molar-refractivity contribution in [1.29, 1.82) is 0 Å². The van der Waals surface area contributed by atoms with E-state index in [4.69, 9.17) is 0 Å². The highest BCUT2D eigenvalue weighted by atomic mass is 32.1. The van der Waals surface area contributed by atoms with Gasteiger partial charge >= 0.3 is 4.87 Å². The standard InChI is InChI=1S/C13H14N4O3S/c1-9-8-21-13(20)17(9)6-4-11(18)15-16-12(19)10-3-2-5-14-7-10/h2-3,5,7-8H,4,6H2,1H3,(H,15,18)(H,16,19). The summed E-state index contributed by atoms with van der Waals surface area (Å²) < 4.78 is 1.52. The van der Waals surface area contributed by atoms with Gasteiger partial charge in [-0.05, 0) is 19.1 Å². The van der Waals surface area contributed by atoms with E-state index in [0.29, 0.717) is 5.56 Å². The fraction of sp³-hybridized carbons (Fsp3) is 0.231. The van der Waals surface area contributed by atoms with Crippen molar-refractivity contribution in [3.8, 4) is 0 Å². The van der Waals surface area contributed by atoms with Gasteiger partial charge in [0.15, 0.2) is 0 Å². The van der Waals surface area contributed by atoms with Gasteiger partial charge in [-0.3, -0.25) is 30.2 Å². The number of thiazole rings is 1. The molecule has 0 bridgehead atoms. The van der Waals surface area contributed by atoms with E-state index in [9.17, 15) is 14.4 Å². The maximum atomic E-state index is 11.7. The molecule has 0 aliphatic rings. The van der Waals surface area contributed by atoms with Crippen molar-refractivity contribution in [3.05, 3.63) is 50.8 Å². The molecule has 0 unspecified atom stereocenters. The molecule has 0 radical (unpaired) electrons. The molecule has 0 saturated heterocycles. The van der Waals surface area contributed by atoms with Crippen LogP contribution in [0.25, 0.3) is 0 Å². The van der Waals surface area contributed by atoms with E-state index < -0.39 is 5.91 Å². The molecular weight excluding hydrogens is 292 g/mol. The summed E-state index contributed by atoms with van der Waals surface area (Å²) in [5.74, 6) is -0.815. The number of amides is 2. The number of aromatic nitrogens is 2. The lowest BCUT2D eigenvalue weighted by Crippen LogP contribution is -2.42. The number of nitrogens with one attached hydrogen (secondary N) is 2. The Morgan fingerprint density at radius 3 is 2.81 bits per heavy atom. The summed E-state index contributed by atoms with van der Waals surface area (Å²) in [7, 11) is 0. The van der Waals surface area contributed by atoms with E-state index in [1.165, 1.54) is 10.8 Å². The number of rotatable bonds is 4. The van der Waals surface area contributed by atoms with Gasteiger partial charge in [-0.2, -0.15) is 0 Å². The Bertz CT molecular complexity index is 693. The number of carbonyl (C=O) groups is 2. The Hall–Kier alpha value is -2.48. The summed E-state index contributed by atoms with van der Waals surface area (Å²) in [6.45, 7) is 2.09. The van der Waals surface area contributed by atoms with E-state index in [2.05, 4.69) is 15.8 Å². The van der Waals surface area contributed by atoms with Crippen molar-refractivity contribution in [2.45, 2.75) is 19.9 Å². The SMILES string of the molecule is Cc1csc(=O)n1CCC(=O)NNC(=O)c1cccnc1. The van der Waals surface area contributed by atoms with Gasteiger partial charge in [0.2, 0.25) is 5.91 Å². The summed E-state index contributed by atoms with van der Waals surface area (Å²) in [5.41, 5.74) is 5.77. The molecular formula is C13H14N4O3S. The Kier molecular flexibility index (Phi) is 4.83. The highest BCUT2D eigenvalue weighted by molar-refractivity contribution is 7.07. The van der Waals surface area contributed by atoms with Crippen LogP contribution in [0.4, 0.5) is 0 Å². The summed E-state index contributed by atoms with van der Waals surface area (Å²) in [4.78, 5) is 38.5. The minimum atomic E-state index is -0.444. The highest BCUT2D eigenvalue weighted by Gasteiger charge is 2.09. The predicted molar refractivity (Wildman–Crippen MR) is 77.8 cm³/mol. The number of hydrogen-bond acceptors (Lipinski definition) is 5. The van der Waals surface area contributed by atoms with Crippen LogP contribution in [0.15, 0.2) is 34.7 Å². The maximum Gasteiger partial charge on any atom is 0.307 e. The molecule has 7 nitrogen and oxygen atoms in total. The Balaban J connectivity index is 1.80. The first kappa shape index (κ1) is 14.9. The molecule has 2 rings (SSSR count). The molecule has 0 atom stereocenters. The van der Waals surface area contributed by atoms with Gasteiger partial charge < -0.3 is 4.57 Å². The van der Waals surface area contributed by atoms with Gasteiger partial charge in [0.1, 0.15) is 0 Å². The number of carbonyl (C=O) groups excluding carboxylic acids is 2. The van der Waals surface area contributed by atoms with Crippen LogP contribution in [0.5, 0.6) is 0 Å². The van der Waals surface area contributed by atoms with Gasteiger partial charge in [-0.25, -0.2) is 0 Å². The third kappa shape index (κ3) is 3.99. The monoisotopic (exact) mass is 306 g/mol. The molecule has 2 N–H and O–H groups in total. The van der Waals surface area contributed by atoms with Gasteiger partial charge in [0, 0.05) is 36.4 Å². The largest absolute Gasteiger partial charge is 0.307 e. The normalized spacial score (nSPS) is 10.1. The van der Waals surface area contributed by atoms with E-state index in [0.717, 1.165) is 17.0 Å². The highest BCUT2D eigenvalue weighted by Crippen LogP contribution is 2.00. The summed E-state index contributed by atoms with van der Waals surface area (Å²) in [6, 6.07) is 3.21. The van der Waals surface area contributed by atoms with E-state index in [-0.39, 0.29) is 23.7 Å². The molecule has 8 heteroatoms. The van der Waals surface area contributed by atoms with Crippen LogP contribution >= 0.6 is 11.3 Å². The van der Waals surface area contributed by atoms with Crippen molar-refractivity contribution in [2.24, 2.45) is 0 Å². The second-order valence-electron chi connectivity index (χ2n) is 4.29. The van der Waals surface area contributed by atoms with E-state index in [1.54, 1.807) is 30.6 Å². The van der Waals surface area contributed by atoms with Gasteiger partial charge in [0.05, 0.1) is 5.56 Å². The molecule has 0 aliphatic heterocycles. The van der Waals surface area contributed by atoms with Gasteiger partial charge in [-0.1, -0.05) is 11.3 Å². The smallest absolute Gasteiger partial charge is 0.303 e. The van der Waals surface area contributed by atoms with Crippen LogP contribution in [0, 0.1) is 6.92 Å².